The standard InChI is InChI=1S/C22H29NO5S/c1-22(2)16-18-9-6-11-20(21(18)28-22)27-14-7-15-29(24,25)23-13-12-17-8-4-5-10-19(17)26-3/h4-6,8-11,23H,7,12-16H2,1-3H3. The number of sulfonamides is 1. The Kier molecular flexibility index (Phi) is 6.70. The minimum atomic E-state index is -3.36. The van der Waals surface area contributed by atoms with E-state index >= 15 is 0 Å². The summed E-state index contributed by atoms with van der Waals surface area (Å²) in [4.78, 5) is 0. The van der Waals surface area contributed by atoms with Gasteiger partial charge >= 0.3 is 0 Å². The summed E-state index contributed by atoms with van der Waals surface area (Å²) >= 11 is 0. The van der Waals surface area contributed by atoms with Crippen molar-refractivity contribution < 1.29 is 22.6 Å². The Morgan fingerprint density at radius 2 is 1.86 bits per heavy atom. The van der Waals surface area contributed by atoms with Gasteiger partial charge in [0.05, 0.1) is 19.5 Å². The number of rotatable bonds is 10. The van der Waals surface area contributed by atoms with Crippen molar-refractivity contribution in [2.45, 2.75) is 38.7 Å². The second kappa shape index (κ2) is 9.05. The number of ether oxygens (including phenoxy) is 3. The summed E-state index contributed by atoms with van der Waals surface area (Å²) in [7, 11) is -1.75. The van der Waals surface area contributed by atoms with Gasteiger partial charge in [-0.05, 0) is 44.4 Å². The molecule has 158 valence electrons. The van der Waals surface area contributed by atoms with Crippen LogP contribution in [0.3, 0.4) is 0 Å². The van der Waals surface area contributed by atoms with Crippen LogP contribution in [0.25, 0.3) is 0 Å². The first-order valence-electron chi connectivity index (χ1n) is 9.83. The first-order chi connectivity index (χ1) is 13.8. The average Bonchev–Trinajstić information content (AvgIpc) is 3.00. The molecule has 0 bridgehead atoms. The number of hydrogen-bond donors (Lipinski definition) is 1. The highest BCUT2D eigenvalue weighted by atomic mass is 32.2. The van der Waals surface area contributed by atoms with Gasteiger partial charge in [-0.25, -0.2) is 13.1 Å². The Morgan fingerprint density at radius 1 is 1.10 bits per heavy atom. The van der Waals surface area contributed by atoms with Gasteiger partial charge in [0, 0.05) is 18.5 Å². The van der Waals surface area contributed by atoms with Crippen molar-refractivity contribution >= 4 is 10.0 Å². The number of methoxy groups -OCH3 is 1. The molecule has 0 fully saturated rings. The van der Waals surface area contributed by atoms with Gasteiger partial charge in [0.1, 0.15) is 11.4 Å². The highest BCUT2D eigenvalue weighted by Crippen LogP contribution is 2.41. The molecule has 0 saturated heterocycles. The lowest BCUT2D eigenvalue weighted by Crippen LogP contribution is -2.29. The van der Waals surface area contributed by atoms with Crippen molar-refractivity contribution in [2.24, 2.45) is 0 Å². The number of nitrogens with one attached hydrogen (secondary N) is 1. The molecule has 2 aromatic carbocycles. The summed E-state index contributed by atoms with van der Waals surface area (Å²) in [5.74, 6) is 2.23. The normalized spacial score (nSPS) is 14.9. The summed E-state index contributed by atoms with van der Waals surface area (Å²) in [6.45, 7) is 4.73. The van der Waals surface area contributed by atoms with E-state index in [1.54, 1.807) is 7.11 Å². The first-order valence-corrected chi connectivity index (χ1v) is 11.5. The molecule has 0 amide bonds. The van der Waals surface area contributed by atoms with Crippen LogP contribution in [-0.2, 0) is 22.9 Å². The second-order valence-electron chi connectivity index (χ2n) is 7.76. The van der Waals surface area contributed by atoms with Gasteiger partial charge in [-0.3, -0.25) is 0 Å². The molecule has 0 aromatic heterocycles. The SMILES string of the molecule is COc1ccccc1CCNS(=O)(=O)CCCOc1cccc2c1OC(C)(C)C2. The lowest BCUT2D eigenvalue weighted by Gasteiger charge is -2.18. The van der Waals surface area contributed by atoms with E-state index in [1.807, 2.05) is 56.3 Å². The number of fused-ring (bicyclic) bond motifs is 1. The molecule has 29 heavy (non-hydrogen) atoms. The van der Waals surface area contributed by atoms with E-state index in [9.17, 15) is 8.42 Å². The van der Waals surface area contributed by atoms with Crippen molar-refractivity contribution in [2.75, 3.05) is 26.0 Å². The van der Waals surface area contributed by atoms with Gasteiger partial charge in [-0.1, -0.05) is 30.3 Å². The average molecular weight is 420 g/mol. The molecular formula is C22H29NO5S. The maximum atomic E-state index is 12.2. The van der Waals surface area contributed by atoms with Crippen molar-refractivity contribution in [1.82, 2.24) is 4.72 Å². The topological polar surface area (TPSA) is 73.9 Å². The molecule has 0 aliphatic carbocycles. The maximum absolute atomic E-state index is 12.2. The van der Waals surface area contributed by atoms with Crippen molar-refractivity contribution in [3.63, 3.8) is 0 Å². The highest BCUT2D eigenvalue weighted by Gasteiger charge is 2.32. The van der Waals surface area contributed by atoms with Crippen LogP contribution in [0.1, 0.15) is 31.4 Å². The molecule has 6 nitrogen and oxygen atoms in total. The maximum Gasteiger partial charge on any atom is 0.211 e. The largest absolute Gasteiger partial charge is 0.496 e. The zero-order chi connectivity index (χ0) is 20.9. The zero-order valence-corrected chi connectivity index (χ0v) is 18.1. The van der Waals surface area contributed by atoms with Gasteiger partial charge < -0.3 is 14.2 Å². The molecule has 0 atom stereocenters. The van der Waals surface area contributed by atoms with Gasteiger partial charge in [-0.2, -0.15) is 0 Å². The molecule has 1 aliphatic heterocycles. The molecule has 1 aliphatic rings. The molecule has 0 saturated carbocycles. The van der Waals surface area contributed by atoms with Crippen LogP contribution < -0.4 is 18.9 Å². The Bertz CT molecular complexity index is 940. The Labute approximate surface area is 173 Å². The smallest absolute Gasteiger partial charge is 0.211 e. The Morgan fingerprint density at radius 3 is 2.66 bits per heavy atom. The number of benzene rings is 2. The van der Waals surface area contributed by atoms with E-state index in [2.05, 4.69) is 4.72 Å². The second-order valence-corrected chi connectivity index (χ2v) is 9.69. The lowest BCUT2D eigenvalue weighted by molar-refractivity contribution is 0.132. The molecule has 1 heterocycles. The van der Waals surface area contributed by atoms with E-state index in [0.29, 0.717) is 31.7 Å². The summed E-state index contributed by atoms with van der Waals surface area (Å²) in [6, 6.07) is 13.4. The van der Waals surface area contributed by atoms with Crippen LogP contribution in [0.4, 0.5) is 0 Å². The number of para-hydroxylation sites is 2. The van der Waals surface area contributed by atoms with E-state index in [-0.39, 0.29) is 11.4 Å². The van der Waals surface area contributed by atoms with Crippen LogP contribution >= 0.6 is 0 Å². The Balaban J connectivity index is 1.43. The monoisotopic (exact) mass is 419 g/mol. The fraction of sp³-hybridized carbons (Fsp3) is 0.455. The third kappa shape index (κ3) is 5.87. The molecule has 2 aromatic rings. The first kappa shape index (κ1) is 21.5. The molecule has 3 rings (SSSR count). The van der Waals surface area contributed by atoms with E-state index < -0.39 is 10.0 Å². The third-order valence-corrected chi connectivity index (χ3v) is 6.25. The highest BCUT2D eigenvalue weighted by molar-refractivity contribution is 7.89. The fourth-order valence-electron chi connectivity index (χ4n) is 3.45. The quantitative estimate of drug-likeness (QED) is 0.598. The third-order valence-electron chi connectivity index (χ3n) is 4.78. The summed E-state index contributed by atoms with van der Waals surface area (Å²) in [6.07, 6.45) is 1.81. The summed E-state index contributed by atoms with van der Waals surface area (Å²) in [5, 5.41) is 0. The van der Waals surface area contributed by atoms with E-state index in [1.165, 1.54) is 0 Å². The molecule has 0 spiro atoms. The lowest BCUT2D eigenvalue weighted by atomic mass is 10.0. The minimum absolute atomic E-state index is 0.0142. The zero-order valence-electron chi connectivity index (χ0n) is 17.2. The van der Waals surface area contributed by atoms with Crippen LogP contribution in [0.2, 0.25) is 0 Å². The van der Waals surface area contributed by atoms with Crippen LogP contribution in [-0.4, -0.2) is 40.0 Å². The van der Waals surface area contributed by atoms with E-state index in [4.69, 9.17) is 14.2 Å². The van der Waals surface area contributed by atoms with Crippen molar-refractivity contribution in [1.29, 1.82) is 0 Å². The summed E-state index contributed by atoms with van der Waals surface area (Å²) < 4.78 is 44.2. The van der Waals surface area contributed by atoms with Crippen LogP contribution in [0, 0.1) is 0 Å². The van der Waals surface area contributed by atoms with Crippen molar-refractivity contribution in [3.05, 3.63) is 53.6 Å². The van der Waals surface area contributed by atoms with Crippen LogP contribution in [0.15, 0.2) is 42.5 Å². The van der Waals surface area contributed by atoms with Gasteiger partial charge in [0.25, 0.3) is 0 Å². The predicted octanol–water partition coefficient (Wildman–Crippen LogP) is 3.34. The number of hydrogen-bond acceptors (Lipinski definition) is 5. The molecule has 7 heteroatoms. The molecule has 0 unspecified atom stereocenters. The molecule has 1 N–H and O–H groups in total. The van der Waals surface area contributed by atoms with Gasteiger partial charge in [-0.15, -0.1) is 0 Å². The Hall–Kier alpha value is -2.25. The van der Waals surface area contributed by atoms with Gasteiger partial charge in [0.15, 0.2) is 11.5 Å². The molecule has 0 radical (unpaired) electrons. The summed E-state index contributed by atoms with van der Waals surface area (Å²) in [5.41, 5.74) is 1.86. The molecular weight excluding hydrogens is 390 g/mol. The van der Waals surface area contributed by atoms with Gasteiger partial charge in [0.2, 0.25) is 10.0 Å². The predicted molar refractivity (Wildman–Crippen MR) is 113 cm³/mol. The van der Waals surface area contributed by atoms with Crippen LogP contribution in [0.5, 0.6) is 17.2 Å². The minimum Gasteiger partial charge on any atom is -0.496 e. The van der Waals surface area contributed by atoms with E-state index in [0.717, 1.165) is 29.0 Å². The fourth-order valence-corrected chi connectivity index (χ4v) is 4.51. The van der Waals surface area contributed by atoms with Crippen molar-refractivity contribution in [3.8, 4) is 17.2 Å².